The van der Waals surface area contributed by atoms with Gasteiger partial charge in [0.2, 0.25) is 0 Å². The molecular formula is C15H15NO2S. The number of hydrogen-bond donors (Lipinski definition) is 0. The lowest BCUT2D eigenvalue weighted by Crippen LogP contribution is -2.14. The molecule has 2 aliphatic rings. The number of hydrogen-bond acceptors (Lipinski definition) is 2. The molecule has 0 atom stereocenters. The standard InChI is InChI=1S/C15H15NO2S/c1-10-11-6-2-4-8-13(11)16-15(10)12-7-3-5-9-14(12)19(16,17)18/h3,5,7,9H,2,4,6,8H2,1H3. The summed E-state index contributed by atoms with van der Waals surface area (Å²) in [5.74, 6) is 0. The van der Waals surface area contributed by atoms with Gasteiger partial charge in [0.05, 0.1) is 10.6 Å². The number of nitrogens with zero attached hydrogens (tertiary/aromatic N) is 1. The topological polar surface area (TPSA) is 39.1 Å². The van der Waals surface area contributed by atoms with E-state index in [1.165, 1.54) is 12.0 Å². The van der Waals surface area contributed by atoms with Crippen LogP contribution in [0, 0.1) is 6.92 Å². The van der Waals surface area contributed by atoms with Crippen LogP contribution in [-0.2, 0) is 22.9 Å². The van der Waals surface area contributed by atoms with Gasteiger partial charge in [-0.1, -0.05) is 18.2 Å². The van der Waals surface area contributed by atoms with E-state index < -0.39 is 10.0 Å². The fourth-order valence-corrected chi connectivity index (χ4v) is 5.37. The van der Waals surface area contributed by atoms with E-state index in [0.29, 0.717) is 4.90 Å². The molecule has 0 unspecified atom stereocenters. The maximum atomic E-state index is 12.7. The van der Waals surface area contributed by atoms with E-state index in [1.54, 1.807) is 16.1 Å². The van der Waals surface area contributed by atoms with Gasteiger partial charge in [-0.3, -0.25) is 0 Å². The Morgan fingerprint density at radius 3 is 2.68 bits per heavy atom. The molecule has 0 saturated heterocycles. The molecule has 0 saturated carbocycles. The van der Waals surface area contributed by atoms with Gasteiger partial charge in [-0.25, -0.2) is 12.4 Å². The average Bonchev–Trinajstić information content (AvgIpc) is 2.85. The smallest absolute Gasteiger partial charge is 0.237 e. The normalized spacial score (nSPS) is 18.8. The summed E-state index contributed by atoms with van der Waals surface area (Å²) >= 11 is 0. The van der Waals surface area contributed by atoms with E-state index in [0.717, 1.165) is 41.8 Å². The van der Waals surface area contributed by atoms with Crippen LogP contribution in [0.15, 0.2) is 29.2 Å². The molecule has 1 aromatic heterocycles. The van der Waals surface area contributed by atoms with Gasteiger partial charge in [-0.15, -0.1) is 0 Å². The molecule has 0 radical (unpaired) electrons. The summed E-state index contributed by atoms with van der Waals surface area (Å²) in [6.07, 6.45) is 4.14. The average molecular weight is 273 g/mol. The molecule has 1 aromatic carbocycles. The van der Waals surface area contributed by atoms with Crippen LogP contribution in [0.2, 0.25) is 0 Å². The van der Waals surface area contributed by atoms with Crippen LogP contribution in [0.4, 0.5) is 0 Å². The molecule has 2 aromatic rings. The minimum atomic E-state index is -3.37. The lowest BCUT2D eigenvalue weighted by atomic mass is 9.94. The van der Waals surface area contributed by atoms with Gasteiger partial charge in [0.1, 0.15) is 0 Å². The van der Waals surface area contributed by atoms with Crippen LogP contribution >= 0.6 is 0 Å². The van der Waals surface area contributed by atoms with E-state index in [-0.39, 0.29) is 0 Å². The maximum absolute atomic E-state index is 12.7. The highest BCUT2D eigenvalue weighted by atomic mass is 32.2. The second kappa shape index (κ2) is 3.51. The van der Waals surface area contributed by atoms with Gasteiger partial charge in [-0.2, -0.15) is 0 Å². The fraction of sp³-hybridized carbons (Fsp3) is 0.333. The summed E-state index contributed by atoms with van der Waals surface area (Å²) in [7, 11) is -3.37. The van der Waals surface area contributed by atoms with Gasteiger partial charge in [0.25, 0.3) is 10.0 Å². The summed E-state index contributed by atoms with van der Waals surface area (Å²) in [6, 6.07) is 7.34. The van der Waals surface area contributed by atoms with Crippen molar-refractivity contribution in [2.45, 2.75) is 37.5 Å². The van der Waals surface area contributed by atoms with Crippen molar-refractivity contribution < 1.29 is 8.42 Å². The second-order valence-electron chi connectivity index (χ2n) is 5.37. The molecule has 1 aliphatic heterocycles. The van der Waals surface area contributed by atoms with E-state index in [4.69, 9.17) is 0 Å². The molecule has 0 fully saturated rings. The fourth-order valence-electron chi connectivity index (χ4n) is 3.51. The second-order valence-corrected chi connectivity index (χ2v) is 7.13. The number of benzene rings is 1. The van der Waals surface area contributed by atoms with Crippen molar-refractivity contribution in [3.63, 3.8) is 0 Å². The van der Waals surface area contributed by atoms with Gasteiger partial charge in [0.15, 0.2) is 0 Å². The quantitative estimate of drug-likeness (QED) is 0.632. The molecule has 98 valence electrons. The maximum Gasteiger partial charge on any atom is 0.269 e. The molecular weight excluding hydrogens is 258 g/mol. The number of aromatic nitrogens is 1. The Kier molecular flexibility index (Phi) is 2.09. The van der Waals surface area contributed by atoms with E-state index in [2.05, 4.69) is 6.92 Å². The van der Waals surface area contributed by atoms with Crippen molar-refractivity contribution in [1.82, 2.24) is 3.97 Å². The SMILES string of the molecule is Cc1c2c(n3c1-c1ccccc1S3(=O)=O)CCCC2. The molecule has 0 bridgehead atoms. The molecule has 0 spiro atoms. The first-order valence-electron chi connectivity index (χ1n) is 6.70. The summed E-state index contributed by atoms with van der Waals surface area (Å²) in [5, 5.41) is 0. The third-order valence-electron chi connectivity index (χ3n) is 4.36. The Morgan fingerprint density at radius 1 is 1.11 bits per heavy atom. The third kappa shape index (κ3) is 1.25. The first-order valence-corrected chi connectivity index (χ1v) is 8.14. The van der Waals surface area contributed by atoms with Gasteiger partial charge in [0, 0.05) is 11.3 Å². The first kappa shape index (κ1) is 11.3. The Labute approximate surface area is 112 Å². The molecule has 4 heteroatoms. The van der Waals surface area contributed by atoms with Crippen molar-refractivity contribution in [3.8, 4) is 11.3 Å². The van der Waals surface area contributed by atoms with Crippen molar-refractivity contribution >= 4 is 10.0 Å². The van der Waals surface area contributed by atoms with Crippen LogP contribution in [0.5, 0.6) is 0 Å². The van der Waals surface area contributed by atoms with Crippen molar-refractivity contribution in [2.75, 3.05) is 0 Å². The summed E-state index contributed by atoms with van der Waals surface area (Å²) < 4.78 is 27.1. The van der Waals surface area contributed by atoms with Gasteiger partial charge < -0.3 is 0 Å². The molecule has 2 heterocycles. The minimum Gasteiger partial charge on any atom is -0.237 e. The van der Waals surface area contributed by atoms with Crippen LogP contribution in [0.3, 0.4) is 0 Å². The summed E-state index contributed by atoms with van der Waals surface area (Å²) in [5.41, 5.74) is 5.22. The lowest BCUT2D eigenvalue weighted by molar-refractivity contribution is 0.584. The molecule has 0 N–H and O–H groups in total. The summed E-state index contributed by atoms with van der Waals surface area (Å²) in [6.45, 7) is 2.06. The molecule has 1 aliphatic carbocycles. The molecule has 4 rings (SSSR count). The number of fused-ring (bicyclic) bond motifs is 5. The van der Waals surface area contributed by atoms with Gasteiger partial charge in [-0.05, 0) is 49.8 Å². The summed E-state index contributed by atoms with van der Waals surface area (Å²) in [4.78, 5) is 0.460. The van der Waals surface area contributed by atoms with Crippen LogP contribution in [-0.4, -0.2) is 12.4 Å². The van der Waals surface area contributed by atoms with E-state index in [1.807, 2.05) is 12.1 Å². The monoisotopic (exact) mass is 273 g/mol. The van der Waals surface area contributed by atoms with Crippen LogP contribution in [0.1, 0.15) is 29.7 Å². The Balaban J connectivity index is 2.18. The Hall–Kier alpha value is -1.55. The predicted molar refractivity (Wildman–Crippen MR) is 73.8 cm³/mol. The highest BCUT2D eigenvalue weighted by Crippen LogP contribution is 2.45. The van der Waals surface area contributed by atoms with Gasteiger partial charge >= 0.3 is 0 Å². The molecule has 0 amide bonds. The first-order chi connectivity index (χ1) is 9.12. The zero-order chi connectivity index (χ0) is 13.2. The third-order valence-corrected chi connectivity index (χ3v) is 6.15. The van der Waals surface area contributed by atoms with Crippen LogP contribution in [0.25, 0.3) is 11.3 Å². The largest absolute Gasteiger partial charge is 0.269 e. The number of rotatable bonds is 0. The van der Waals surface area contributed by atoms with Crippen molar-refractivity contribution in [1.29, 1.82) is 0 Å². The zero-order valence-electron chi connectivity index (χ0n) is 10.8. The predicted octanol–water partition coefficient (Wildman–Crippen LogP) is 2.89. The van der Waals surface area contributed by atoms with Crippen LogP contribution < -0.4 is 0 Å². The minimum absolute atomic E-state index is 0.460. The Bertz CT molecular complexity index is 800. The van der Waals surface area contributed by atoms with E-state index >= 15 is 0 Å². The van der Waals surface area contributed by atoms with E-state index in [9.17, 15) is 8.42 Å². The van der Waals surface area contributed by atoms with Crippen molar-refractivity contribution in [3.05, 3.63) is 41.1 Å². The lowest BCUT2D eigenvalue weighted by Gasteiger charge is -2.14. The highest BCUT2D eigenvalue weighted by Gasteiger charge is 2.38. The Morgan fingerprint density at radius 2 is 1.84 bits per heavy atom. The van der Waals surface area contributed by atoms with Crippen molar-refractivity contribution in [2.24, 2.45) is 0 Å². The molecule has 19 heavy (non-hydrogen) atoms. The molecule has 3 nitrogen and oxygen atoms in total. The zero-order valence-corrected chi connectivity index (χ0v) is 11.6. The highest BCUT2D eigenvalue weighted by molar-refractivity contribution is 7.90.